The molecule has 0 bridgehead atoms. The van der Waals surface area contributed by atoms with E-state index in [0.717, 1.165) is 42.5 Å². The van der Waals surface area contributed by atoms with Gasteiger partial charge >= 0.3 is 0 Å². The fraction of sp³-hybridized carbons (Fsp3) is 0.556. The smallest absolute Gasteiger partial charge is 0.243 e. The first-order valence-electron chi connectivity index (χ1n) is 8.74. The minimum Gasteiger partial charge on any atom is -0.369 e. The van der Waals surface area contributed by atoms with E-state index in [2.05, 4.69) is 32.8 Å². The van der Waals surface area contributed by atoms with Crippen molar-refractivity contribution in [2.45, 2.75) is 12.5 Å². The average molecular weight is 526 g/mol. The Kier molecular flexibility index (Phi) is 11.2. The van der Waals surface area contributed by atoms with Gasteiger partial charge in [-0.25, -0.2) is 4.99 Å². The first kappa shape index (κ1) is 24.2. The van der Waals surface area contributed by atoms with E-state index in [1.807, 2.05) is 18.2 Å². The van der Waals surface area contributed by atoms with E-state index in [9.17, 15) is 4.79 Å². The van der Waals surface area contributed by atoms with Crippen LogP contribution in [0.1, 0.15) is 6.42 Å². The number of aliphatic imine (C=N–C) groups is 1. The quantitative estimate of drug-likeness (QED) is 0.248. The number of likely N-dealkylation sites (N-methyl/N-ethyl adjacent to an activating group) is 1. The summed E-state index contributed by atoms with van der Waals surface area (Å²) in [5, 5.41) is 7.53. The number of nitrogens with zero attached hydrogens (tertiary/aromatic N) is 3. The zero-order valence-corrected chi connectivity index (χ0v) is 20.0. The molecule has 1 aliphatic rings. The Labute approximate surface area is 188 Å². The Morgan fingerprint density at radius 1 is 1.44 bits per heavy atom. The summed E-state index contributed by atoms with van der Waals surface area (Å²) in [5.41, 5.74) is 1.14. The van der Waals surface area contributed by atoms with Gasteiger partial charge in [0.25, 0.3) is 0 Å². The molecule has 0 saturated carbocycles. The SMILES string of the molecule is CSCCNC(=NCC(=O)N(C)C)NC1CCN(c2cccc(Cl)c2)C1.I. The number of thioether (sulfide) groups is 1. The Balaban J connectivity index is 0.00000364. The molecule has 2 N–H and O–H groups in total. The minimum atomic E-state index is -0.0112. The average Bonchev–Trinajstić information content (AvgIpc) is 3.08. The Bertz CT molecular complexity index is 632. The lowest BCUT2D eigenvalue weighted by atomic mass is 10.3. The largest absolute Gasteiger partial charge is 0.369 e. The topological polar surface area (TPSA) is 60.0 Å². The summed E-state index contributed by atoms with van der Waals surface area (Å²) in [4.78, 5) is 20.1. The second-order valence-electron chi connectivity index (χ2n) is 6.43. The molecule has 0 radical (unpaired) electrons. The third kappa shape index (κ3) is 8.35. The van der Waals surface area contributed by atoms with Gasteiger partial charge in [0, 0.05) is 56.2 Å². The third-order valence-electron chi connectivity index (χ3n) is 4.17. The van der Waals surface area contributed by atoms with Crippen LogP contribution < -0.4 is 15.5 Å². The third-order valence-corrected chi connectivity index (χ3v) is 5.02. The van der Waals surface area contributed by atoms with Crippen molar-refractivity contribution in [3.8, 4) is 0 Å². The van der Waals surface area contributed by atoms with E-state index >= 15 is 0 Å². The molecular formula is C18H29ClIN5OS. The molecule has 152 valence electrons. The van der Waals surface area contributed by atoms with Crippen molar-refractivity contribution in [2.75, 3.05) is 57.2 Å². The number of hydrogen-bond donors (Lipinski definition) is 2. The first-order chi connectivity index (χ1) is 12.5. The maximum absolute atomic E-state index is 11.8. The molecule has 1 amide bonds. The lowest BCUT2D eigenvalue weighted by Crippen LogP contribution is -2.45. The lowest BCUT2D eigenvalue weighted by molar-refractivity contribution is -0.127. The van der Waals surface area contributed by atoms with E-state index in [-0.39, 0.29) is 42.5 Å². The zero-order chi connectivity index (χ0) is 18.9. The van der Waals surface area contributed by atoms with Crippen LogP contribution in [-0.2, 0) is 4.79 Å². The number of rotatable bonds is 7. The highest BCUT2D eigenvalue weighted by Gasteiger charge is 2.23. The highest BCUT2D eigenvalue weighted by Crippen LogP contribution is 2.23. The van der Waals surface area contributed by atoms with Gasteiger partial charge in [0.05, 0.1) is 0 Å². The van der Waals surface area contributed by atoms with E-state index in [1.54, 1.807) is 30.8 Å². The van der Waals surface area contributed by atoms with Gasteiger partial charge in [0.1, 0.15) is 6.54 Å². The van der Waals surface area contributed by atoms with Crippen LogP contribution in [0.2, 0.25) is 5.02 Å². The lowest BCUT2D eigenvalue weighted by Gasteiger charge is -2.21. The van der Waals surface area contributed by atoms with Crippen LogP contribution in [0.4, 0.5) is 5.69 Å². The number of anilines is 1. The molecule has 2 rings (SSSR count). The molecule has 1 aromatic carbocycles. The van der Waals surface area contributed by atoms with Gasteiger partial charge < -0.3 is 20.4 Å². The van der Waals surface area contributed by atoms with Gasteiger partial charge in [-0.2, -0.15) is 11.8 Å². The molecule has 1 saturated heterocycles. The summed E-state index contributed by atoms with van der Waals surface area (Å²) in [7, 11) is 3.48. The number of halogens is 2. The van der Waals surface area contributed by atoms with Crippen molar-refractivity contribution in [1.82, 2.24) is 15.5 Å². The van der Waals surface area contributed by atoms with E-state index in [4.69, 9.17) is 11.6 Å². The van der Waals surface area contributed by atoms with Gasteiger partial charge in [-0.05, 0) is 30.9 Å². The van der Waals surface area contributed by atoms with Crippen molar-refractivity contribution >= 4 is 64.9 Å². The molecule has 1 heterocycles. The number of carbonyl (C=O) groups is 1. The van der Waals surface area contributed by atoms with Gasteiger partial charge in [-0.3, -0.25) is 4.79 Å². The number of amides is 1. The van der Waals surface area contributed by atoms with Crippen LogP contribution in [0.25, 0.3) is 0 Å². The summed E-state index contributed by atoms with van der Waals surface area (Å²) >= 11 is 7.88. The van der Waals surface area contributed by atoms with Gasteiger partial charge in [-0.15, -0.1) is 24.0 Å². The molecule has 1 atom stereocenters. The molecule has 9 heteroatoms. The molecule has 1 aromatic rings. The van der Waals surface area contributed by atoms with Crippen LogP contribution in [0.5, 0.6) is 0 Å². The Hall–Kier alpha value is -0.870. The van der Waals surface area contributed by atoms with E-state index in [1.165, 1.54) is 0 Å². The Morgan fingerprint density at radius 2 is 2.22 bits per heavy atom. The van der Waals surface area contributed by atoms with Crippen LogP contribution in [0, 0.1) is 0 Å². The second kappa shape index (κ2) is 12.6. The highest BCUT2D eigenvalue weighted by molar-refractivity contribution is 14.0. The van der Waals surface area contributed by atoms with Crippen molar-refractivity contribution in [2.24, 2.45) is 4.99 Å². The summed E-state index contributed by atoms with van der Waals surface area (Å²) in [6.45, 7) is 2.80. The number of benzene rings is 1. The van der Waals surface area contributed by atoms with Crippen molar-refractivity contribution in [3.63, 3.8) is 0 Å². The standard InChI is InChI=1S/C18H28ClN5OS.HI/c1-23(2)17(25)12-21-18(20-8-10-26-3)22-15-7-9-24(13-15)16-6-4-5-14(19)11-16;/h4-6,11,15H,7-10,12-13H2,1-3H3,(H2,20,21,22);1H. The summed E-state index contributed by atoms with van der Waals surface area (Å²) < 4.78 is 0. The number of guanidine groups is 1. The van der Waals surface area contributed by atoms with Crippen LogP contribution in [0.3, 0.4) is 0 Å². The summed E-state index contributed by atoms with van der Waals surface area (Å²) in [6, 6.07) is 8.21. The second-order valence-corrected chi connectivity index (χ2v) is 7.85. The van der Waals surface area contributed by atoms with E-state index in [0.29, 0.717) is 5.96 Å². The van der Waals surface area contributed by atoms with E-state index < -0.39 is 0 Å². The summed E-state index contributed by atoms with van der Waals surface area (Å²) in [6.07, 6.45) is 3.08. The van der Waals surface area contributed by atoms with Gasteiger partial charge in [0.2, 0.25) is 5.91 Å². The fourth-order valence-corrected chi connectivity index (χ4v) is 3.18. The molecule has 0 spiro atoms. The molecular weight excluding hydrogens is 497 g/mol. The maximum atomic E-state index is 11.8. The first-order valence-corrected chi connectivity index (χ1v) is 10.5. The molecule has 1 aliphatic heterocycles. The normalized spacial score (nSPS) is 16.7. The summed E-state index contributed by atoms with van der Waals surface area (Å²) in [5.74, 6) is 1.68. The molecule has 6 nitrogen and oxygen atoms in total. The molecule has 27 heavy (non-hydrogen) atoms. The minimum absolute atomic E-state index is 0. The predicted octanol–water partition coefficient (Wildman–Crippen LogP) is 2.52. The van der Waals surface area contributed by atoms with Crippen molar-refractivity contribution in [3.05, 3.63) is 29.3 Å². The molecule has 0 aromatic heterocycles. The zero-order valence-electron chi connectivity index (χ0n) is 16.1. The Morgan fingerprint density at radius 3 is 2.89 bits per heavy atom. The molecule has 0 aliphatic carbocycles. The highest BCUT2D eigenvalue weighted by atomic mass is 127. The monoisotopic (exact) mass is 525 g/mol. The van der Waals surface area contributed by atoms with Gasteiger partial charge in [0.15, 0.2) is 5.96 Å². The number of nitrogens with one attached hydrogen (secondary N) is 2. The fourth-order valence-electron chi connectivity index (χ4n) is 2.69. The van der Waals surface area contributed by atoms with Crippen molar-refractivity contribution in [1.29, 1.82) is 0 Å². The van der Waals surface area contributed by atoms with Crippen LogP contribution >= 0.6 is 47.3 Å². The molecule has 1 unspecified atom stereocenters. The van der Waals surface area contributed by atoms with Crippen molar-refractivity contribution < 1.29 is 4.79 Å². The number of hydrogen-bond acceptors (Lipinski definition) is 4. The van der Waals surface area contributed by atoms with Crippen LogP contribution in [-0.4, -0.2) is 75.1 Å². The van der Waals surface area contributed by atoms with Gasteiger partial charge in [-0.1, -0.05) is 17.7 Å². The van der Waals surface area contributed by atoms with Crippen LogP contribution in [0.15, 0.2) is 29.3 Å². The maximum Gasteiger partial charge on any atom is 0.243 e. The molecule has 1 fully saturated rings. The predicted molar refractivity (Wildman–Crippen MR) is 128 cm³/mol. The number of carbonyl (C=O) groups excluding carboxylic acids is 1.